The van der Waals surface area contributed by atoms with E-state index in [1.54, 1.807) is 0 Å². The van der Waals surface area contributed by atoms with Gasteiger partial charge in [-0.2, -0.15) is 5.26 Å². The average Bonchev–Trinajstić information content (AvgIpc) is 2.40. The fraction of sp³-hybridized carbons (Fsp3) is 0.588. The summed E-state index contributed by atoms with van der Waals surface area (Å²) in [6, 6.07) is 10.4. The highest BCUT2D eigenvalue weighted by Crippen LogP contribution is 2.41. The molecule has 3 atom stereocenters. The SMILES string of the molecule is CCCC1CCC(c2ccc(C#N)cc2)C(C)C1. The molecule has 1 saturated carbocycles. The van der Waals surface area contributed by atoms with Gasteiger partial charge in [-0.1, -0.05) is 38.8 Å². The number of nitrogens with zero attached hydrogens (tertiary/aromatic N) is 1. The first kappa shape index (κ1) is 13.1. The Morgan fingerprint density at radius 1 is 1.22 bits per heavy atom. The molecular formula is C17H23N. The van der Waals surface area contributed by atoms with Crippen molar-refractivity contribution < 1.29 is 0 Å². The molecule has 96 valence electrons. The Kier molecular flexibility index (Phi) is 4.42. The molecule has 1 fully saturated rings. The maximum atomic E-state index is 8.83. The molecule has 1 nitrogen and oxygen atoms in total. The molecule has 0 aromatic heterocycles. The molecule has 1 aromatic carbocycles. The van der Waals surface area contributed by atoms with Crippen LogP contribution in [-0.2, 0) is 0 Å². The molecule has 0 N–H and O–H groups in total. The molecule has 18 heavy (non-hydrogen) atoms. The monoisotopic (exact) mass is 241 g/mol. The summed E-state index contributed by atoms with van der Waals surface area (Å²) in [4.78, 5) is 0. The van der Waals surface area contributed by atoms with Crippen LogP contribution in [0.25, 0.3) is 0 Å². The molecule has 2 rings (SSSR count). The van der Waals surface area contributed by atoms with Crippen LogP contribution in [0.1, 0.15) is 63.0 Å². The summed E-state index contributed by atoms with van der Waals surface area (Å²) in [5, 5.41) is 8.83. The fourth-order valence-electron chi connectivity index (χ4n) is 3.48. The van der Waals surface area contributed by atoms with Gasteiger partial charge in [0.2, 0.25) is 0 Å². The zero-order valence-corrected chi connectivity index (χ0v) is 11.5. The zero-order chi connectivity index (χ0) is 13.0. The van der Waals surface area contributed by atoms with E-state index in [9.17, 15) is 0 Å². The van der Waals surface area contributed by atoms with E-state index in [4.69, 9.17) is 5.26 Å². The Balaban J connectivity index is 2.03. The molecule has 0 radical (unpaired) electrons. The number of rotatable bonds is 3. The molecule has 1 heteroatoms. The van der Waals surface area contributed by atoms with E-state index >= 15 is 0 Å². The fourth-order valence-corrected chi connectivity index (χ4v) is 3.48. The summed E-state index contributed by atoms with van der Waals surface area (Å²) >= 11 is 0. The predicted octanol–water partition coefficient (Wildman–Crippen LogP) is 4.88. The van der Waals surface area contributed by atoms with Crippen LogP contribution in [0.5, 0.6) is 0 Å². The molecule has 1 aromatic rings. The van der Waals surface area contributed by atoms with Gasteiger partial charge in [0.05, 0.1) is 11.6 Å². The summed E-state index contributed by atoms with van der Waals surface area (Å²) in [7, 11) is 0. The Morgan fingerprint density at radius 3 is 2.50 bits per heavy atom. The first-order chi connectivity index (χ1) is 8.74. The van der Waals surface area contributed by atoms with Crippen LogP contribution in [0, 0.1) is 23.2 Å². The second kappa shape index (κ2) is 6.05. The number of benzene rings is 1. The highest BCUT2D eigenvalue weighted by atomic mass is 14.3. The van der Waals surface area contributed by atoms with E-state index in [0.717, 1.165) is 17.4 Å². The van der Waals surface area contributed by atoms with Crippen molar-refractivity contribution in [2.75, 3.05) is 0 Å². The van der Waals surface area contributed by atoms with Gasteiger partial charge in [0.1, 0.15) is 0 Å². The smallest absolute Gasteiger partial charge is 0.0991 e. The lowest BCUT2D eigenvalue weighted by atomic mass is 9.71. The van der Waals surface area contributed by atoms with Crippen molar-refractivity contribution in [2.45, 2.75) is 51.9 Å². The summed E-state index contributed by atoms with van der Waals surface area (Å²) < 4.78 is 0. The molecule has 0 aliphatic heterocycles. The van der Waals surface area contributed by atoms with Gasteiger partial charge in [-0.15, -0.1) is 0 Å². The van der Waals surface area contributed by atoms with Gasteiger partial charge in [-0.05, 0) is 54.7 Å². The quantitative estimate of drug-likeness (QED) is 0.740. The van der Waals surface area contributed by atoms with Crippen molar-refractivity contribution in [1.82, 2.24) is 0 Å². The second-order valence-corrected chi connectivity index (χ2v) is 5.79. The van der Waals surface area contributed by atoms with Crippen LogP contribution < -0.4 is 0 Å². The van der Waals surface area contributed by atoms with Crippen LogP contribution >= 0.6 is 0 Å². The van der Waals surface area contributed by atoms with Crippen LogP contribution in [-0.4, -0.2) is 0 Å². The summed E-state index contributed by atoms with van der Waals surface area (Å²) in [5.41, 5.74) is 2.20. The highest BCUT2D eigenvalue weighted by Gasteiger charge is 2.27. The first-order valence-corrected chi connectivity index (χ1v) is 7.24. The van der Waals surface area contributed by atoms with Crippen molar-refractivity contribution in [3.05, 3.63) is 35.4 Å². The van der Waals surface area contributed by atoms with E-state index in [0.29, 0.717) is 5.92 Å². The van der Waals surface area contributed by atoms with E-state index in [2.05, 4.69) is 32.0 Å². The minimum atomic E-state index is 0.700. The van der Waals surface area contributed by atoms with Crippen LogP contribution in [0.3, 0.4) is 0 Å². The zero-order valence-electron chi connectivity index (χ0n) is 11.5. The van der Waals surface area contributed by atoms with Gasteiger partial charge in [0.25, 0.3) is 0 Å². The molecule has 1 aliphatic carbocycles. The highest BCUT2D eigenvalue weighted by molar-refractivity contribution is 5.33. The summed E-state index contributed by atoms with van der Waals surface area (Å²) in [5.74, 6) is 2.42. The lowest BCUT2D eigenvalue weighted by molar-refractivity contribution is 0.235. The molecule has 0 heterocycles. The van der Waals surface area contributed by atoms with Crippen LogP contribution in [0.4, 0.5) is 0 Å². The van der Waals surface area contributed by atoms with E-state index in [1.807, 2.05) is 12.1 Å². The molecular weight excluding hydrogens is 218 g/mol. The van der Waals surface area contributed by atoms with Gasteiger partial charge in [0, 0.05) is 0 Å². The largest absolute Gasteiger partial charge is 0.192 e. The maximum Gasteiger partial charge on any atom is 0.0991 e. The number of hydrogen-bond acceptors (Lipinski definition) is 1. The van der Waals surface area contributed by atoms with Crippen LogP contribution in [0.15, 0.2) is 24.3 Å². The van der Waals surface area contributed by atoms with E-state index in [-0.39, 0.29) is 0 Å². The van der Waals surface area contributed by atoms with Crippen molar-refractivity contribution in [1.29, 1.82) is 5.26 Å². The number of nitriles is 1. The molecule has 1 aliphatic rings. The third-order valence-corrected chi connectivity index (χ3v) is 4.44. The van der Waals surface area contributed by atoms with Crippen molar-refractivity contribution in [3.63, 3.8) is 0 Å². The Bertz CT molecular complexity index is 412. The number of hydrogen-bond donors (Lipinski definition) is 0. The maximum absolute atomic E-state index is 8.83. The predicted molar refractivity (Wildman–Crippen MR) is 75.3 cm³/mol. The lowest BCUT2D eigenvalue weighted by Crippen LogP contribution is -2.21. The van der Waals surface area contributed by atoms with Gasteiger partial charge in [0.15, 0.2) is 0 Å². The van der Waals surface area contributed by atoms with Gasteiger partial charge in [-0.3, -0.25) is 0 Å². The Hall–Kier alpha value is -1.29. The second-order valence-electron chi connectivity index (χ2n) is 5.79. The minimum absolute atomic E-state index is 0.700. The van der Waals surface area contributed by atoms with Gasteiger partial charge < -0.3 is 0 Å². The molecule has 0 spiro atoms. The Labute approximate surface area is 111 Å². The van der Waals surface area contributed by atoms with Crippen molar-refractivity contribution >= 4 is 0 Å². The van der Waals surface area contributed by atoms with Crippen LogP contribution in [0.2, 0.25) is 0 Å². The summed E-state index contributed by atoms with van der Waals surface area (Å²) in [6.07, 6.45) is 6.78. The third kappa shape index (κ3) is 2.93. The molecule has 0 saturated heterocycles. The van der Waals surface area contributed by atoms with Gasteiger partial charge >= 0.3 is 0 Å². The van der Waals surface area contributed by atoms with E-state index < -0.39 is 0 Å². The van der Waals surface area contributed by atoms with Gasteiger partial charge in [-0.25, -0.2) is 0 Å². The van der Waals surface area contributed by atoms with Crippen molar-refractivity contribution in [2.24, 2.45) is 11.8 Å². The topological polar surface area (TPSA) is 23.8 Å². The summed E-state index contributed by atoms with van der Waals surface area (Å²) in [6.45, 7) is 4.68. The first-order valence-electron chi connectivity index (χ1n) is 7.24. The molecule has 3 unspecified atom stereocenters. The molecule has 0 amide bonds. The lowest BCUT2D eigenvalue weighted by Gasteiger charge is -2.34. The van der Waals surface area contributed by atoms with Crippen molar-refractivity contribution in [3.8, 4) is 6.07 Å². The van der Waals surface area contributed by atoms with E-state index in [1.165, 1.54) is 37.7 Å². The normalized spacial score (nSPS) is 27.7. The molecule has 0 bridgehead atoms. The minimum Gasteiger partial charge on any atom is -0.192 e. The Morgan fingerprint density at radius 2 is 1.94 bits per heavy atom. The average molecular weight is 241 g/mol. The standard InChI is InChI=1S/C17H23N/c1-3-4-14-7-10-17(13(2)11-14)16-8-5-15(12-18)6-9-16/h5-6,8-9,13-14,17H,3-4,7,10-11H2,1-2H3. The third-order valence-electron chi connectivity index (χ3n) is 4.44.